The van der Waals surface area contributed by atoms with Crippen LogP contribution in [0.25, 0.3) is 0 Å². The molecule has 0 fully saturated rings. The normalized spacial score (nSPS) is 12.9. The summed E-state index contributed by atoms with van der Waals surface area (Å²) in [6.45, 7) is 0.192. The van der Waals surface area contributed by atoms with Crippen LogP contribution in [0, 0.1) is 0 Å². The molecule has 0 atom stereocenters. The number of ether oxygens (including phenoxy) is 1. The molecule has 0 bridgehead atoms. The molecule has 5 heteroatoms. The highest BCUT2D eigenvalue weighted by Gasteiger charge is 2.03. The third-order valence-electron chi connectivity index (χ3n) is 1.80. The highest BCUT2D eigenvalue weighted by atomic mass is 16.5. The van der Waals surface area contributed by atoms with Crippen molar-refractivity contribution in [2.75, 3.05) is 13.2 Å². The van der Waals surface area contributed by atoms with Gasteiger partial charge in [-0.05, 0) is 12.8 Å². The minimum Gasteiger partial charge on any atom is -0.463 e. The Morgan fingerprint density at radius 3 is 1.60 bits per heavy atom. The maximum Gasteiger partial charge on any atom is 0.119 e. The van der Waals surface area contributed by atoms with Gasteiger partial charge in [-0.1, -0.05) is 0 Å². The first-order valence-corrected chi connectivity index (χ1v) is 4.99. The molecule has 0 amide bonds. The van der Waals surface area contributed by atoms with E-state index in [1.165, 1.54) is 12.4 Å². The van der Waals surface area contributed by atoms with Crippen LogP contribution in [0.4, 0.5) is 0 Å². The maximum atomic E-state index is 8.65. The van der Waals surface area contributed by atoms with Crippen molar-refractivity contribution in [1.82, 2.24) is 0 Å². The van der Waals surface area contributed by atoms with Crippen LogP contribution >= 0.6 is 0 Å². The van der Waals surface area contributed by atoms with Gasteiger partial charge in [0, 0.05) is 38.5 Å². The molecular weight excluding hydrogens is 196 g/mol. The molecule has 0 aliphatic heterocycles. The van der Waals surface area contributed by atoms with E-state index in [0.717, 1.165) is 0 Å². The fourth-order valence-corrected chi connectivity index (χ4v) is 1.01. The average molecular weight is 216 g/mol. The van der Waals surface area contributed by atoms with Crippen LogP contribution in [0.5, 0.6) is 0 Å². The van der Waals surface area contributed by atoms with Crippen LogP contribution in [0.3, 0.4) is 0 Å². The molecule has 0 aliphatic rings. The SMILES string of the molecule is NC=C(CCCO)OC(=CN)CCCO. The Kier molecular flexibility index (Phi) is 8.61. The summed E-state index contributed by atoms with van der Waals surface area (Å²) in [4.78, 5) is 0. The smallest absolute Gasteiger partial charge is 0.119 e. The Morgan fingerprint density at radius 1 is 0.933 bits per heavy atom. The van der Waals surface area contributed by atoms with Crippen molar-refractivity contribution in [2.45, 2.75) is 25.7 Å². The average Bonchev–Trinajstić information content (AvgIpc) is 2.28. The Hall–Kier alpha value is -1.20. The van der Waals surface area contributed by atoms with E-state index >= 15 is 0 Å². The summed E-state index contributed by atoms with van der Waals surface area (Å²) in [6, 6.07) is 0. The molecule has 88 valence electrons. The van der Waals surface area contributed by atoms with Gasteiger partial charge in [0.15, 0.2) is 0 Å². The van der Waals surface area contributed by atoms with Gasteiger partial charge in [-0.2, -0.15) is 0 Å². The van der Waals surface area contributed by atoms with E-state index < -0.39 is 0 Å². The molecule has 0 unspecified atom stereocenters. The van der Waals surface area contributed by atoms with Crippen LogP contribution in [-0.2, 0) is 4.74 Å². The van der Waals surface area contributed by atoms with Crippen molar-refractivity contribution in [1.29, 1.82) is 0 Å². The number of aliphatic hydroxyl groups excluding tert-OH is 2. The molecule has 15 heavy (non-hydrogen) atoms. The van der Waals surface area contributed by atoms with Gasteiger partial charge in [-0.15, -0.1) is 0 Å². The Labute approximate surface area is 90.0 Å². The first-order chi connectivity index (χ1) is 7.28. The van der Waals surface area contributed by atoms with Crippen molar-refractivity contribution in [3.8, 4) is 0 Å². The predicted octanol–water partition coefficient (Wildman–Crippen LogP) is 0.148. The summed E-state index contributed by atoms with van der Waals surface area (Å²) in [7, 11) is 0. The standard InChI is InChI=1S/C10H20N2O3/c11-7-9(3-1-5-13)15-10(8-12)4-2-6-14/h7-8,13-14H,1-6,11-12H2. The number of hydrogen-bond donors (Lipinski definition) is 4. The molecule has 0 saturated carbocycles. The van der Waals surface area contributed by atoms with E-state index in [1.54, 1.807) is 0 Å². The molecule has 0 rings (SSSR count). The number of rotatable bonds is 8. The van der Waals surface area contributed by atoms with E-state index in [1.807, 2.05) is 0 Å². The zero-order chi connectivity index (χ0) is 11.5. The zero-order valence-electron chi connectivity index (χ0n) is 8.85. The van der Waals surface area contributed by atoms with E-state index in [4.69, 9.17) is 26.4 Å². The van der Waals surface area contributed by atoms with Crippen LogP contribution in [0.15, 0.2) is 23.9 Å². The second kappa shape index (κ2) is 9.36. The lowest BCUT2D eigenvalue weighted by Gasteiger charge is -2.11. The maximum absolute atomic E-state index is 8.65. The minimum atomic E-state index is 0.0962. The second-order valence-corrected chi connectivity index (χ2v) is 3.02. The first kappa shape index (κ1) is 13.8. The molecule has 6 N–H and O–H groups in total. The topological polar surface area (TPSA) is 102 Å². The van der Waals surface area contributed by atoms with Gasteiger partial charge in [-0.3, -0.25) is 0 Å². The van der Waals surface area contributed by atoms with Crippen molar-refractivity contribution in [3.63, 3.8) is 0 Å². The largest absolute Gasteiger partial charge is 0.463 e. The van der Waals surface area contributed by atoms with Crippen molar-refractivity contribution >= 4 is 0 Å². The summed E-state index contributed by atoms with van der Waals surface area (Å²) in [6.07, 6.45) is 5.06. The third kappa shape index (κ3) is 6.82. The predicted molar refractivity (Wildman–Crippen MR) is 58.3 cm³/mol. The van der Waals surface area contributed by atoms with Crippen molar-refractivity contribution < 1.29 is 14.9 Å². The number of nitrogens with two attached hydrogens (primary N) is 2. The fraction of sp³-hybridized carbons (Fsp3) is 0.600. The lowest BCUT2D eigenvalue weighted by molar-refractivity contribution is 0.234. The van der Waals surface area contributed by atoms with Gasteiger partial charge < -0.3 is 26.4 Å². The quantitative estimate of drug-likeness (QED) is 0.432. The van der Waals surface area contributed by atoms with Crippen molar-refractivity contribution in [2.24, 2.45) is 11.5 Å². The van der Waals surface area contributed by atoms with Gasteiger partial charge in [-0.25, -0.2) is 0 Å². The second-order valence-electron chi connectivity index (χ2n) is 3.02. The molecule has 0 aromatic heterocycles. The summed E-state index contributed by atoms with van der Waals surface area (Å²) < 4.78 is 5.40. The summed E-state index contributed by atoms with van der Waals surface area (Å²) in [5.74, 6) is 1.16. The lowest BCUT2D eigenvalue weighted by atomic mass is 10.2. The van der Waals surface area contributed by atoms with E-state index in [0.29, 0.717) is 37.2 Å². The fourth-order valence-electron chi connectivity index (χ4n) is 1.01. The summed E-state index contributed by atoms with van der Waals surface area (Å²) in [5.41, 5.74) is 10.7. The van der Waals surface area contributed by atoms with Crippen LogP contribution in [0.1, 0.15) is 25.7 Å². The molecule has 0 heterocycles. The van der Waals surface area contributed by atoms with E-state index in [2.05, 4.69) is 0 Å². The van der Waals surface area contributed by atoms with Crippen LogP contribution in [-0.4, -0.2) is 23.4 Å². The first-order valence-electron chi connectivity index (χ1n) is 4.99. The Bertz CT molecular complexity index is 193. The van der Waals surface area contributed by atoms with Gasteiger partial charge in [0.25, 0.3) is 0 Å². The summed E-state index contributed by atoms with van der Waals surface area (Å²) in [5, 5.41) is 17.3. The highest BCUT2D eigenvalue weighted by Crippen LogP contribution is 2.14. The Balaban J connectivity index is 4.02. The number of allylic oxidation sites excluding steroid dienone is 2. The van der Waals surface area contributed by atoms with Crippen LogP contribution in [0.2, 0.25) is 0 Å². The highest BCUT2D eigenvalue weighted by molar-refractivity contribution is 4.99. The molecule has 5 nitrogen and oxygen atoms in total. The Morgan fingerprint density at radius 2 is 1.33 bits per heavy atom. The molecule has 0 spiro atoms. The number of hydrogen-bond acceptors (Lipinski definition) is 5. The minimum absolute atomic E-state index is 0.0962. The van der Waals surface area contributed by atoms with Crippen molar-refractivity contribution in [3.05, 3.63) is 23.9 Å². The number of aliphatic hydroxyl groups is 2. The zero-order valence-corrected chi connectivity index (χ0v) is 8.85. The molecule has 0 aromatic rings. The van der Waals surface area contributed by atoms with Crippen LogP contribution < -0.4 is 11.5 Å². The van der Waals surface area contributed by atoms with Gasteiger partial charge in [0.1, 0.15) is 11.5 Å². The summed E-state index contributed by atoms with van der Waals surface area (Å²) >= 11 is 0. The lowest BCUT2D eigenvalue weighted by Crippen LogP contribution is -2.01. The molecule has 0 aromatic carbocycles. The third-order valence-corrected chi connectivity index (χ3v) is 1.80. The molecule has 0 aliphatic carbocycles. The van der Waals surface area contributed by atoms with Gasteiger partial charge in [0.2, 0.25) is 0 Å². The molecule has 0 radical (unpaired) electrons. The monoisotopic (exact) mass is 216 g/mol. The van der Waals surface area contributed by atoms with E-state index in [-0.39, 0.29) is 13.2 Å². The van der Waals surface area contributed by atoms with Gasteiger partial charge in [0.05, 0.1) is 0 Å². The molecule has 0 saturated heterocycles. The van der Waals surface area contributed by atoms with Gasteiger partial charge >= 0.3 is 0 Å². The van der Waals surface area contributed by atoms with E-state index in [9.17, 15) is 0 Å². The molecular formula is C10H20N2O3.